The Balaban J connectivity index is 1.34. The molecule has 0 aliphatic carbocycles. The van der Waals surface area contributed by atoms with Gasteiger partial charge in [0.15, 0.2) is 0 Å². The fourth-order valence-electron chi connectivity index (χ4n) is 7.75. The van der Waals surface area contributed by atoms with E-state index in [4.69, 9.17) is 9.97 Å². The van der Waals surface area contributed by atoms with E-state index in [-0.39, 0.29) is 11.8 Å². The fourth-order valence-corrected chi connectivity index (χ4v) is 7.75. The van der Waals surface area contributed by atoms with Crippen LogP contribution in [0.2, 0.25) is 0 Å². The first-order chi connectivity index (χ1) is 24.6. The number of nitrogens with zero attached hydrogens (tertiary/aromatic N) is 2. The van der Waals surface area contributed by atoms with Crippen molar-refractivity contribution in [1.29, 1.82) is 0 Å². The second kappa shape index (κ2) is 12.4. The number of benzene rings is 7. The summed E-state index contributed by atoms with van der Waals surface area (Å²) >= 11 is 0. The summed E-state index contributed by atoms with van der Waals surface area (Å²) in [4.78, 5) is 11.1. The van der Waals surface area contributed by atoms with Crippen LogP contribution < -0.4 is 0 Å². The quantitative estimate of drug-likeness (QED) is 0.169. The van der Waals surface area contributed by atoms with Crippen LogP contribution in [0.5, 0.6) is 0 Å². The predicted octanol–water partition coefficient (Wildman–Crippen LogP) is 12.7. The average Bonchev–Trinajstić information content (AvgIpc) is 3.19. The van der Waals surface area contributed by atoms with E-state index in [1.54, 1.807) is 0 Å². The highest BCUT2D eigenvalue weighted by molar-refractivity contribution is 6.12. The zero-order valence-electron chi connectivity index (χ0n) is 28.2. The molecule has 0 saturated heterocycles. The van der Waals surface area contributed by atoms with Gasteiger partial charge < -0.3 is 0 Å². The molecule has 50 heavy (non-hydrogen) atoms. The zero-order valence-corrected chi connectivity index (χ0v) is 28.2. The summed E-state index contributed by atoms with van der Waals surface area (Å²) in [7, 11) is 0. The van der Waals surface area contributed by atoms with E-state index in [0.29, 0.717) is 0 Å². The summed E-state index contributed by atoms with van der Waals surface area (Å²) in [5.74, 6) is 0.129. The maximum atomic E-state index is 5.57. The van der Waals surface area contributed by atoms with Crippen LogP contribution in [0.4, 0.5) is 0 Å². The van der Waals surface area contributed by atoms with Crippen molar-refractivity contribution in [2.24, 2.45) is 0 Å². The summed E-state index contributed by atoms with van der Waals surface area (Å²) in [6.45, 7) is 4.57. The molecule has 0 radical (unpaired) electrons. The molecule has 2 unspecified atom stereocenters. The van der Waals surface area contributed by atoms with E-state index in [0.717, 1.165) is 33.2 Å². The Bertz CT molecular complexity index is 2480. The Morgan fingerprint density at radius 3 is 1.18 bits per heavy atom. The maximum Gasteiger partial charge on any atom is 0.0974 e. The largest absolute Gasteiger partial charge is 0.250 e. The molecule has 0 saturated carbocycles. The predicted molar refractivity (Wildman–Crippen MR) is 211 cm³/mol. The zero-order chi connectivity index (χ0) is 33.6. The van der Waals surface area contributed by atoms with Gasteiger partial charge in [0.1, 0.15) is 0 Å². The first-order valence-corrected chi connectivity index (χ1v) is 17.5. The second-order valence-electron chi connectivity index (χ2n) is 13.4. The van der Waals surface area contributed by atoms with E-state index in [2.05, 4.69) is 184 Å². The molecule has 0 spiro atoms. The molecule has 0 aliphatic rings. The van der Waals surface area contributed by atoms with E-state index in [9.17, 15) is 0 Å². The van der Waals surface area contributed by atoms with Gasteiger partial charge in [0.25, 0.3) is 0 Å². The molecular weight excluding hydrogens is 605 g/mol. The van der Waals surface area contributed by atoms with Gasteiger partial charge in [-0.25, -0.2) is 9.97 Å². The minimum absolute atomic E-state index is 0.0644. The summed E-state index contributed by atoms with van der Waals surface area (Å²) in [5.41, 5.74) is 11.2. The number of fused-ring (bicyclic) bond motifs is 5. The Kier molecular flexibility index (Phi) is 7.43. The van der Waals surface area contributed by atoms with Crippen LogP contribution in [0, 0.1) is 0 Å². The lowest BCUT2D eigenvalue weighted by molar-refractivity contribution is 0.885. The summed E-state index contributed by atoms with van der Waals surface area (Å²) < 4.78 is 0. The lowest BCUT2D eigenvalue weighted by Crippen LogP contribution is -2.04. The van der Waals surface area contributed by atoms with Crippen molar-refractivity contribution in [2.45, 2.75) is 25.7 Å². The lowest BCUT2D eigenvalue weighted by Gasteiger charge is -2.20. The van der Waals surface area contributed by atoms with Crippen molar-refractivity contribution in [3.05, 3.63) is 192 Å². The third-order valence-corrected chi connectivity index (χ3v) is 10.4. The molecule has 0 fully saturated rings. The first-order valence-electron chi connectivity index (χ1n) is 17.5. The van der Waals surface area contributed by atoms with Crippen LogP contribution >= 0.6 is 0 Å². The minimum Gasteiger partial charge on any atom is -0.250 e. The number of hydrogen-bond acceptors (Lipinski definition) is 2. The summed E-state index contributed by atoms with van der Waals surface area (Å²) in [6.07, 6.45) is 0. The number of hydrogen-bond donors (Lipinski definition) is 0. The lowest BCUT2D eigenvalue weighted by atomic mass is 9.88. The monoisotopic (exact) mass is 640 g/mol. The molecule has 2 nitrogen and oxygen atoms in total. The van der Waals surface area contributed by atoms with Crippen LogP contribution in [0.25, 0.3) is 65.6 Å². The molecule has 238 valence electrons. The van der Waals surface area contributed by atoms with Crippen LogP contribution in [0.3, 0.4) is 0 Å². The molecular formula is C48H36N2. The van der Waals surface area contributed by atoms with Gasteiger partial charge in [-0.2, -0.15) is 0 Å². The highest BCUT2D eigenvalue weighted by Gasteiger charge is 2.22. The van der Waals surface area contributed by atoms with E-state index in [1.165, 1.54) is 54.9 Å². The Morgan fingerprint density at radius 1 is 0.360 bits per heavy atom. The standard InChI is InChI=1S/C48H36N2/c1-31(37-25-13-21-33-19-9-11-23-39(33)37)45-29-43(35-15-5-3-6-16-35)41-27-28-42-44(36-17-7-4-8-18-36)30-46(50-48(42)47(41)49-45)32(2)38-26-14-22-34-20-10-12-24-40(34)38/h3-32H,1-2H3. The number of aromatic nitrogens is 2. The van der Waals surface area contributed by atoms with Gasteiger partial charge in [0, 0.05) is 34.0 Å². The summed E-state index contributed by atoms with van der Waals surface area (Å²) in [5, 5.41) is 7.23. The highest BCUT2D eigenvalue weighted by Crippen LogP contribution is 2.41. The van der Waals surface area contributed by atoms with Crippen molar-refractivity contribution in [1.82, 2.24) is 9.97 Å². The topological polar surface area (TPSA) is 25.8 Å². The molecule has 2 atom stereocenters. The normalized spacial score (nSPS) is 12.8. The Labute approximate surface area is 292 Å². The van der Waals surface area contributed by atoms with Crippen molar-refractivity contribution in [3.63, 3.8) is 0 Å². The smallest absolute Gasteiger partial charge is 0.0974 e. The molecule has 2 aromatic heterocycles. The van der Waals surface area contributed by atoms with Crippen LogP contribution in [0.1, 0.15) is 48.2 Å². The van der Waals surface area contributed by atoms with Crippen LogP contribution in [-0.4, -0.2) is 9.97 Å². The molecule has 0 aliphatic heterocycles. The van der Waals surface area contributed by atoms with E-state index < -0.39 is 0 Å². The van der Waals surface area contributed by atoms with Gasteiger partial charge in [-0.3, -0.25) is 0 Å². The van der Waals surface area contributed by atoms with Gasteiger partial charge in [0.2, 0.25) is 0 Å². The van der Waals surface area contributed by atoms with Gasteiger partial charge in [-0.15, -0.1) is 0 Å². The molecule has 0 N–H and O–H groups in total. The van der Waals surface area contributed by atoms with Gasteiger partial charge in [0.05, 0.1) is 11.0 Å². The first kappa shape index (κ1) is 30.0. The molecule has 9 aromatic rings. The molecule has 2 heterocycles. The summed E-state index contributed by atoms with van der Waals surface area (Å²) in [6, 6.07) is 61.1. The molecule has 0 bridgehead atoms. The Morgan fingerprint density at radius 2 is 0.740 bits per heavy atom. The van der Waals surface area contributed by atoms with Crippen molar-refractivity contribution < 1.29 is 0 Å². The fraction of sp³-hybridized carbons (Fsp3) is 0.0833. The minimum atomic E-state index is 0.0644. The van der Waals surface area contributed by atoms with Gasteiger partial charge in [-0.05, 0) is 67.1 Å². The Hall–Kier alpha value is -6.12. The third-order valence-electron chi connectivity index (χ3n) is 10.4. The van der Waals surface area contributed by atoms with Crippen LogP contribution in [-0.2, 0) is 0 Å². The number of rotatable bonds is 6. The number of pyridine rings is 2. The van der Waals surface area contributed by atoms with E-state index in [1.807, 2.05) is 0 Å². The molecule has 9 rings (SSSR count). The van der Waals surface area contributed by atoms with Crippen molar-refractivity contribution in [3.8, 4) is 22.3 Å². The third kappa shape index (κ3) is 5.12. The maximum absolute atomic E-state index is 5.57. The van der Waals surface area contributed by atoms with Crippen LogP contribution in [0.15, 0.2) is 170 Å². The average molecular weight is 641 g/mol. The molecule has 7 aromatic carbocycles. The van der Waals surface area contributed by atoms with Gasteiger partial charge in [-0.1, -0.05) is 172 Å². The van der Waals surface area contributed by atoms with Gasteiger partial charge >= 0.3 is 0 Å². The van der Waals surface area contributed by atoms with Crippen molar-refractivity contribution >= 4 is 43.4 Å². The SMILES string of the molecule is CC(c1cc(-c2ccccc2)c2ccc3c(-c4ccccc4)cc(C(C)c4cccc5ccccc45)nc3c2n1)c1cccc2ccccc12. The second-order valence-corrected chi connectivity index (χ2v) is 13.4. The molecule has 2 heteroatoms. The van der Waals surface area contributed by atoms with Crippen molar-refractivity contribution in [2.75, 3.05) is 0 Å². The highest BCUT2D eigenvalue weighted by atomic mass is 14.8. The molecule has 0 amide bonds. The van der Waals surface area contributed by atoms with E-state index >= 15 is 0 Å².